The lowest BCUT2D eigenvalue weighted by Gasteiger charge is -2.34. The van der Waals surface area contributed by atoms with Gasteiger partial charge in [0.2, 0.25) is 5.91 Å². The molecule has 3 fully saturated rings. The van der Waals surface area contributed by atoms with Gasteiger partial charge >= 0.3 is 6.03 Å². The summed E-state index contributed by atoms with van der Waals surface area (Å²) in [5, 5.41) is 9.90. The van der Waals surface area contributed by atoms with Crippen LogP contribution in [0.1, 0.15) is 12.0 Å². The second-order valence-electron chi connectivity index (χ2n) is 7.39. The van der Waals surface area contributed by atoms with Crippen LogP contribution in [-0.2, 0) is 14.3 Å². The molecular weight excluding hydrogens is 374 g/mol. The van der Waals surface area contributed by atoms with Crippen LogP contribution in [0.25, 0.3) is 10.9 Å². The Morgan fingerprint density at radius 2 is 2.17 bits per heavy atom. The first-order valence-corrected chi connectivity index (χ1v) is 9.29. The number of rotatable bonds is 3. The van der Waals surface area contributed by atoms with Gasteiger partial charge in [0.05, 0.1) is 28.9 Å². The predicted molar refractivity (Wildman–Crippen MR) is 101 cm³/mol. The van der Waals surface area contributed by atoms with Crippen LogP contribution in [0.2, 0.25) is 0 Å². The summed E-state index contributed by atoms with van der Waals surface area (Å²) in [5.41, 5.74) is 1.23. The molecule has 2 bridgehead atoms. The number of urea groups is 1. The minimum atomic E-state index is -0.690. The Kier molecular flexibility index (Phi) is 3.79. The lowest BCUT2D eigenvalue weighted by atomic mass is 10.1. The van der Waals surface area contributed by atoms with Crippen LogP contribution in [0.4, 0.5) is 10.5 Å². The fraction of sp³-hybridized carbons (Fsp3) is 0.350. The van der Waals surface area contributed by atoms with Gasteiger partial charge in [0.1, 0.15) is 18.7 Å². The Balaban J connectivity index is 1.55. The fourth-order valence-corrected chi connectivity index (χ4v) is 4.81. The zero-order valence-electron chi connectivity index (χ0n) is 15.6. The first kappa shape index (κ1) is 17.6. The van der Waals surface area contributed by atoms with Gasteiger partial charge < -0.3 is 14.5 Å². The Bertz CT molecular complexity index is 1110. The number of aromatic nitrogens is 1. The van der Waals surface area contributed by atoms with Gasteiger partial charge in [-0.2, -0.15) is 5.26 Å². The molecule has 2 aromatic rings. The van der Waals surface area contributed by atoms with E-state index in [1.807, 2.05) is 0 Å². The van der Waals surface area contributed by atoms with Crippen LogP contribution in [0, 0.1) is 11.3 Å². The first-order chi connectivity index (χ1) is 14.1. The highest BCUT2D eigenvalue weighted by atomic mass is 16.5. The number of hydrogen-bond donors (Lipinski definition) is 0. The molecule has 3 aliphatic heterocycles. The van der Waals surface area contributed by atoms with Crippen LogP contribution in [0.5, 0.6) is 0 Å². The van der Waals surface area contributed by atoms with Crippen molar-refractivity contribution in [2.24, 2.45) is 0 Å². The highest BCUT2D eigenvalue weighted by Gasteiger charge is 2.62. The topological polar surface area (TPSA) is 107 Å². The summed E-state index contributed by atoms with van der Waals surface area (Å²) in [6.45, 7) is 0.361. The normalized spacial score (nSPS) is 25.1. The Morgan fingerprint density at radius 1 is 1.34 bits per heavy atom. The zero-order valence-corrected chi connectivity index (χ0v) is 15.6. The van der Waals surface area contributed by atoms with Crippen molar-refractivity contribution in [3.05, 3.63) is 36.0 Å². The minimum absolute atomic E-state index is 0.0479. The molecule has 1 aromatic carbocycles. The molecule has 4 amide bonds. The van der Waals surface area contributed by atoms with Gasteiger partial charge in [-0.1, -0.05) is 0 Å². The fourth-order valence-electron chi connectivity index (χ4n) is 4.81. The molecule has 1 aromatic heterocycles. The van der Waals surface area contributed by atoms with Crippen molar-refractivity contribution in [3.63, 3.8) is 0 Å². The molecule has 9 nitrogen and oxygen atoms in total. The van der Waals surface area contributed by atoms with E-state index in [0.29, 0.717) is 35.1 Å². The molecule has 0 aliphatic carbocycles. The van der Waals surface area contributed by atoms with E-state index >= 15 is 0 Å². The van der Waals surface area contributed by atoms with E-state index in [4.69, 9.17) is 4.74 Å². The van der Waals surface area contributed by atoms with Crippen molar-refractivity contribution in [1.82, 2.24) is 14.8 Å². The molecule has 0 saturated carbocycles. The number of methoxy groups -OCH3 is 1. The van der Waals surface area contributed by atoms with E-state index in [1.165, 1.54) is 12.0 Å². The number of carbonyl (C=O) groups excluding carboxylic acids is 3. The van der Waals surface area contributed by atoms with Gasteiger partial charge in [0, 0.05) is 25.2 Å². The summed E-state index contributed by atoms with van der Waals surface area (Å²) < 4.78 is 4.94. The highest BCUT2D eigenvalue weighted by Crippen LogP contribution is 2.43. The van der Waals surface area contributed by atoms with Gasteiger partial charge in [-0.3, -0.25) is 14.6 Å². The number of fused-ring (bicyclic) bond motifs is 6. The smallest absolute Gasteiger partial charge is 0.332 e. The molecule has 1 unspecified atom stereocenters. The lowest BCUT2D eigenvalue weighted by Crippen LogP contribution is -2.55. The number of carbonyl (C=O) groups is 3. The number of piperazine rings is 1. The third kappa shape index (κ3) is 2.29. The van der Waals surface area contributed by atoms with Gasteiger partial charge in [-0.25, -0.2) is 9.69 Å². The van der Waals surface area contributed by atoms with E-state index < -0.39 is 6.04 Å². The molecule has 3 atom stereocenters. The number of nitrogens with zero attached hydrogens (tertiary/aromatic N) is 5. The van der Waals surface area contributed by atoms with Crippen LogP contribution in [0.15, 0.2) is 30.5 Å². The van der Waals surface area contributed by atoms with Crippen molar-refractivity contribution in [2.75, 3.05) is 25.2 Å². The molecule has 0 spiro atoms. The van der Waals surface area contributed by atoms with E-state index in [2.05, 4.69) is 11.1 Å². The Morgan fingerprint density at radius 3 is 2.93 bits per heavy atom. The van der Waals surface area contributed by atoms with Crippen LogP contribution in [0.3, 0.4) is 0 Å². The van der Waals surface area contributed by atoms with E-state index in [9.17, 15) is 19.6 Å². The van der Waals surface area contributed by atoms with Gasteiger partial charge in [0.25, 0.3) is 5.91 Å². The largest absolute Gasteiger partial charge is 0.375 e. The number of likely N-dealkylation sites (tertiary alicyclic amines) is 1. The average Bonchev–Trinajstić information content (AvgIpc) is 3.39. The summed E-state index contributed by atoms with van der Waals surface area (Å²) in [7, 11) is 1.45. The molecule has 29 heavy (non-hydrogen) atoms. The summed E-state index contributed by atoms with van der Waals surface area (Å²) >= 11 is 0. The number of hydrogen-bond acceptors (Lipinski definition) is 6. The van der Waals surface area contributed by atoms with Crippen LogP contribution in [-0.4, -0.2) is 71.0 Å². The van der Waals surface area contributed by atoms with E-state index in [1.54, 1.807) is 40.3 Å². The summed E-state index contributed by atoms with van der Waals surface area (Å²) in [6, 6.07) is 7.10. The van der Waals surface area contributed by atoms with Gasteiger partial charge in [0.15, 0.2) is 0 Å². The Labute approximate surface area is 166 Å². The summed E-state index contributed by atoms with van der Waals surface area (Å²) in [5.74, 6) is -0.529. The van der Waals surface area contributed by atoms with Crippen molar-refractivity contribution in [2.45, 2.75) is 24.5 Å². The number of imide groups is 1. The number of amides is 4. The molecule has 3 saturated heterocycles. The number of nitriles is 1. The maximum absolute atomic E-state index is 13.3. The van der Waals surface area contributed by atoms with Crippen LogP contribution >= 0.6 is 0 Å². The third-order valence-corrected chi connectivity index (χ3v) is 5.96. The van der Waals surface area contributed by atoms with Crippen LogP contribution < -0.4 is 4.90 Å². The molecule has 9 heteroatoms. The molecule has 4 heterocycles. The monoisotopic (exact) mass is 391 g/mol. The summed E-state index contributed by atoms with van der Waals surface area (Å²) in [4.78, 5) is 47.5. The molecule has 0 radical (unpaired) electrons. The maximum atomic E-state index is 13.3. The third-order valence-electron chi connectivity index (χ3n) is 5.96. The van der Waals surface area contributed by atoms with Crippen molar-refractivity contribution in [1.29, 1.82) is 5.26 Å². The highest BCUT2D eigenvalue weighted by molar-refractivity contribution is 6.25. The van der Waals surface area contributed by atoms with Gasteiger partial charge in [-0.05, 0) is 30.7 Å². The Hall–Kier alpha value is -3.51. The second kappa shape index (κ2) is 6.25. The number of pyridine rings is 1. The van der Waals surface area contributed by atoms with Crippen molar-refractivity contribution in [3.8, 4) is 6.07 Å². The molecule has 0 N–H and O–H groups in total. The quantitative estimate of drug-likeness (QED) is 0.719. The lowest BCUT2D eigenvalue weighted by molar-refractivity contribution is -0.139. The first-order valence-electron chi connectivity index (χ1n) is 9.29. The number of benzene rings is 1. The predicted octanol–water partition coefficient (Wildman–Crippen LogP) is 0.873. The van der Waals surface area contributed by atoms with Crippen molar-refractivity contribution >= 4 is 34.4 Å². The standard InChI is InChI=1S/C20H17N5O4/c1-29-10-16(26)23-9-12-7-15(23)18-19(27)25(20(28)24(12)18)14-5-4-11(8-21)17-13(14)3-2-6-22-17/h2-6,12,15,18H,7,9-10H2,1H3/t12-,15?,18+/m1/s1. The summed E-state index contributed by atoms with van der Waals surface area (Å²) in [6.07, 6.45) is 2.17. The number of ether oxygens (including phenoxy) is 1. The molecule has 5 rings (SSSR count). The van der Waals surface area contributed by atoms with E-state index in [0.717, 1.165) is 0 Å². The SMILES string of the molecule is COCC(=O)N1C[C@H]2CC1[C@H]1C(=O)N(c3ccc(C#N)c4ncccc34)C(=O)N21. The molecule has 146 valence electrons. The maximum Gasteiger partial charge on any atom is 0.332 e. The number of anilines is 1. The second-order valence-corrected chi connectivity index (χ2v) is 7.39. The van der Waals surface area contributed by atoms with Crippen molar-refractivity contribution < 1.29 is 19.1 Å². The molecular formula is C20H17N5O4. The van der Waals surface area contributed by atoms with Gasteiger partial charge in [-0.15, -0.1) is 0 Å². The molecule has 3 aliphatic rings. The minimum Gasteiger partial charge on any atom is -0.375 e. The zero-order chi connectivity index (χ0) is 20.3. The average molecular weight is 391 g/mol. The van der Waals surface area contributed by atoms with E-state index in [-0.39, 0.29) is 36.5 Å².